The molecule has 1 aromatic carbocycles. The molecule has 0 aliphatic heterocycles. The highest BCUT2D eigenvalue weighted by Crippen LogP contribution is 2.28. The Labute approximate surface area is 97.5 Å². The second-order valence-electron chi connectivity index (χ2n) is 3.48. The van der Waals surface area contributed by atoms with Crippen molar-refractivity contribution in [3.05, 3.63) is 34.4 Å². The van der Waals surface area contributed by atoms with E-state index in [1.807, 2.05) is 0 Å². The molecule has 4 nitrogen and oxygen atoms in total. The van der Waals surface area contributed by atoms with Gasteiger partial charge in [-0.1, -0.05) is 0 Å². The molecule has 1 rings (SSSR count). The van der Waals surface area contributed by atoms with Crippen LogP contribution in [0, 0.1) is 6.92 Å². The number of carboxylic acids is 2. The Morgan fingerprint density at radius 3 is 2.19 bits per heavy atom. The van der Waals surface area contributed by atoms with Crippen LogP contribution in [-0.2, 0) is 0 Å². The SMILES string of the molecule is Cc1cc(C(=O)O)cc(C(=O)O)c1C(C)Cl. The molecule has 0 spiro atoms. The molecule has 0 aromatic heterocycles. The summed E-state index contributed by atoms with van der Waals surface area (Å²) in [5.74, 6) is -2.33. The van der Waals surface area contributed by atoms with Gasteiger partial charge in [0.15, 0.2) is 0 Å². The monoisotopic (exact) mass is 242 g/mol. The molecule has 0 saturated heterocycles. The summed E-state index contributed by atoms with van der Waals surface area (Å²) in [6, 6.07) is 2.55. The van der Waals surface area contributed by atoms with Gasteiger partial charge < -0.3 is 10.2 Å². The van der Waals surface area contributed by atoms with Crippen molar-refractivity contribution in [2.75, 3.05) is 0 Å². The summed E-state index contributed by atoms with van der Waals surface area (Å²) in [5.41, 5.74) is 0.926. The first-order chi connectivity index (χ1) is 7.34. The number of alkyl halides is 1. The lowest BCUT2D eigenvalue weighted by atomic mass is 9.96. The smallest absolute Gasteiger partial charge is 0.336 e. The van der Waals surface area contributed by atoms with Crippen LogP contribution in [0.15, 0.2) is 12.1 Å². The van der Waals surface area contributed by atoms with Crippen molar-refractivity contribution in [3.8, 4) is 0 Å². The fourth-order valence-corrected chi connectivity index (χ4v) is 1.92. The maximum Gasteiger partial charge on any atom is 0.336 e. The topological polar surface area (TPSA) is 74.6 Å². The maximum atomic E-state index is 11.0. The van der Waals surface area contributed by atoms with Crippen molar-refractivity contribution in [2.45, 2.75) is 19.2 Å². The average molecular weight is 243 g/mol. The van der Waals surface area contributed by atoms with Crippen LogP contribution in [0.5, 0.6) is 0 Å². The molecule has 2 N–H and O–H groups in total. The van der Waals surface area contributed by atoms with Gasteiger partial charge in [-0.2, -0.15) is 0 Å². The Bertz CT molecular complexity index is 452. The summed E-state index contributed by atoms with van der Waals surface area (Å²) < 4.78 is 0. The molecule has 5 heteroatoms. The molecule has 1 unspecified atom stereocenters. The van der Waals surface area contributed by atoms with E-state index in [2.05, 4.69) is 0 Å². The number of aryl methyl sites for hydroxylation is 1. The van der Waals surface area contributed by atoms with E-state index in [0.29, 0.717) is 11.1 Å². The molecular formula is C11H11ClO4. The van der Waals surface area contributed by atoms with Crippen LogP contribution in [0.3, 0.4) is 0 Å². The molecule has 0 aliphatic rings. The van der Waals surface area contributed by atoms with Crippen LogP contribution in [0.2, 0.25) is 0 Å². The number of carbonyl (C=O) groups is 2. The summed E-state index contributed by atoms with van der Waals surface area (Å²) in [6.07, 6.45) is 0. The lowest BCUT2D eigenvalue weighted by molar-refractivity contribution is 0.0695. The van der Waals surface area contributed by atoms with Crippen LogP contribution in [0.4, 0.5) is 0 Å². The number of hydrogen-bond donors (Lipinski definition) is 2. The van der Waals surface area contributed by atoms with Crippen LogP contribution in [0.25, 0.3) is 0 Å². The van der Waals surface area contributed by atoms with Gasteiger partial charge >= 0.3 is 11.9 Å². The first-order valence-electron chi connectivity index (χ1n) is 4.59. The highest BCUT2D eigenvalue weighted by molar-refractivity contribution is 6.21. The lowest BCUT2D eigenvalue weighted by Gasteiger charge is -2.12. The van der Waals surface area contributed by atoms with Gasteiger partial charge in [-0.25, -0.2) is 9.59 Å². The zero-order valence-corrected chi connectivity index (χ0v) is 9.58. The Morgan fingerprint density at radius 1 is 1.25 bits per heavy atom. The number of benzene rings is 1. The molecule has 0 bridgehead atoms. The number of aromatic carboxylic acids is 2. The standard InChI is InChI=1S/C11H11ClO4/c1-5-3-7(10(13)14)4-8(11(15)16)9(5)6(2)12/h3-4,6H,1-2H3,(H,13,14)(H,15,16). The summed E-state index contributed by atoms with van der Waals surface area (Å²) in [4.78, 5) is 21.8. The third-order valence-corrected chi connectivity index (χ3v) is 2.48. The molecule has 0 aliphatic carbocycles. The van der Waals surface area contributed by atoms with Gasteiger partial charge in [-0.3, -0.25) is 0 Å². The van der Waals surface area contributed by atoms with Gasteiger partial charge in [0.25, 0.3) is 0 Å². The number of hydrogen-bond acceptors (Lipinski definition) is 2. The minimum absolute atomic E-state index is 0.0454. The van der Waals surface area contributed by atoms with Crippen molar-refractivity contribution in [3.63, 3.8) is 0 Å². The molecule has 1 atom stereocenters. The third-order valence-electron chi connectivity index (χ3n) is 2.26. The minimum atomic E-state index is -1.17. The minimum Gasteiger partial charge on any atom is -0.478 e. The first-order valence-corrected chi connectivity index (χ1v) is 5.03. The average Bonchev–Trinajstić information content (AvgIpc) is 2.15. The van der Waals surface area contributed by atoms with Gasteiger partial charge in [0.1, 0.15) is 0 Å². The number of carboxylic acid groups (broad SMARTS) is 2. The van der Waals surface area contributed by atoms with E-state index < -0.39 is 17.3 Å². The normalized spacial score (nSPS) is 12.2. The molecular weight excluding hydrogens is 232 g/mol. The zero-order chi connectivity index (χ0) is 12.5. The molecule has 16 heavy (non-hydrogen) atoms. The Kier molecular flexibility index (Phi) is 3.55. The van der Waals surface area contributed by atoms with E-state index in [4.69, 9.17) is 21.8 Å². The Morgan fingerprint density at radius 2 is 1.81 bits per heavy atom. The van der Waals surface area contributed by atoms with Crippen molar-refractivity contribution in [2.24, 2.45) is 0 Å². The van der Waals surface area contributed by atoms with Crippen LogP contribution in [-0.4, -0.2) is 22.2 Å². The maximum absolute atomic E-state index is 11.0. The summed E-state index contributed by atoms with van der Waals surface area (Å²) in [5, 5.41) is 17.3. The number of rotatable bonds is 3. The molecule has 0 fully saturated rings. The summed E-state index contributed by atoms with van der Waals surface area (Å²) >= 11 is 5.88. The Hall–Kier alpha value is -1.55. The van der Waals surface area contributed by atoms with E-state index in [-0.39, 0.29) is 11.1 Å². The summed E-state index contributed by atoms with van der Waals surface area (Å²) in [7, 11) is 0. The molecule has 0 amide bonds. The van der Waals surface area contributed by atoms with Gasteiger partial charge in [0, 0.05) is 0 Å². The van der Waals surface area contributed by atoms with Crippen molar-refractivity contribution >= 4 is 23.5 Å². The second-order valence-corrected chi connectivity index (χ2v) is 4.14. The molecule has 86 valence electrons. The highest BCUT2D eigenvalue weighted by Gasteiger charge is 2.19. The predicted octanol–water partition coefficient (Wildman–Crippen LogP) is 2.69. The van der Waals surface area contributed by atoms with Crippen LogP contribution in [0.1, 0.15) is 44.1 Å². The Balaban J connectivity index is 3.52. The van der Waals surface area contributed by atoms with Crippen LogP contribution < -0.4 is 0 Å². The van der Waals surface area contributed by atoms with Crippen LogP contribution >= 0.6 is 11.6 Å². The first kappa shape index (κ1) is 12.5. The largest absolute Gasteiger partial charge is 0.478 e. The quantitative estimate of drug-likeness (QED) is 0.799. The summed E-state index contributed by atoms with van der Waals surface area (Å²) in [6.45, 7) is 3.30. The van der Waals surface area contributed by atoms with Gasteiger partial charge in [0.05, 0.1) is 16.5 Å². The van der Waals surface area contributed by atoms with E-state index in [9.17, 15) is 9.59 Å². The van der Waals surface area contributed by atoms with Crippen molar-refractivity contribution in [1.29, 1.82) is 0 Å². The number of halogens is 1. The van der Waals surface area contributed by atoms with E-state index in [0.717, 1.165) is 6.07 Å². The molecule has 0 heterocycles. The third kappa shape index (κ3) is 2.33. The van der Waals surface area contributed by atoms with Gasteiger partial charge in [-0.15, -0.1) is 11.6 Å². The van der Waals surface area contributed by atoms with E-state index in [1.165, 1.54) is 6.07 Å². The molecule has 0 saturated carbocycles. The molecule has 0 radical (unpaired) electrons. The van der Waals surface area contributed by atoms with E-state index >= 15 is 0 Å². The lowest BCUT2D eigenvalue weighted by Crippen LogP contribution is -2.09. The highest BCUT2D eigenvalue weighted by atomic mass is 35.5. The van der Waals surface area contributed by atoms with Gasteiger partial charge in [-0.05, 0) is 37.1 Å². The van der Waals surface area contributed by atoms with Crippen molar-refractivity contribution < 1.29 is 19.8 Å². The fourth-order valence-electron chi connectivity index (χ4n) is 1.63. The molecule has 1 aromatic rings. The predicted molar refractivity (Wildman–Crippen MR) is 59.4 cm³/mol. The van der Waals surface area contributed by atoms with Crippen molar-refractivity contribution in [1.82, 2.24) is 0 Å². The van der Waals surface area contributed by atoms with Gasteiger partial charge in [0.2, 0.25) is 0 Å². The second kappa shape index (κ2) is 4.53. The van der Waals surface area contributed by atoms with E-state index in [1.54, 1.807) is 13.8 Å². The fraction of sp³-hybridized carbons (Fsp3) is 0.273. The zero-order valence-electron chi connectivity index (χ0n) is 8.82.